The minimum absolute atomic E-state index is 0.0348. The molecule has 1 aromatic carbocycles. The lowest BCUT2D eigenvalue weighted by Crippen LogP contribution is -2.49. The van der Waals surface area contributed by atoms with Crippen LogP contribution in [0.15, 0.2) is 47.4 Å². The van der Waals surface area contributed by atoms with Crippen molar-refractivity contribution in [3.63, 3.8) is 0 Å². The van der Waals surface area contributed by atoms with E-state index in [1.54, 1.807) is 37.4 Å². The summed E-state index contributed by atoms with van der Waals surface area (Å²) in [5.74, 6) is -0.603. The van der Waals surface area contributed by atoms with E-state index in [9.17, 15) is 19.5 Å². The molecule has 0 aliphatic carbocycles. The summed E-state index contributed by atoms with van der Waals surface area (Å²) in [6.07, 6.45) is 1.55. The zero-order valence-electron chi connectivity index (χ0n) is 12.4. The van der Waals surface area contributed by atoms with Gasteiger partial charge in [-0.1, -0.05) is 18.2 Å². The van der Waals surface area contributed by atoms with Crippen molar-refractivity contribution in [2.45, 2.75) is 19.0 Å². The van der Waals surface area contributed by atoms with Gasteiger partial charge in [-0.3, -0.25) is 14.9 Å². The summed E-state index contributed by atoms with van der Waals surface area (Å²) in [7, 11) is 0. The number of aromatic nitrogens is 1. The van der Waals surface area contributed by atoms with Crippen LogP contribution in [0.1, 0.15) is 11.1 Å². The molecule has 1 atom stereocenters. The van der Waals surface area contributed by atoms with Crippen LogP contribution < -0.4 is 16.2 Å². The Bertz CT molecular complexity index is 858. The van der Waals surface area contributed by atoms with Crippen LogP contribution >= 0.6 is 0 Å². The smallest absolute Gasteiger partial charge is 0.322 e. The molecule has 3 rings (SSSR count). The van der Waals surface area contributed by atoms with E-state index in [-0.39, 0.29) is 17.9 Å². The number of urea groups is 1. The van der Waals surface area contributed by atoms with Crippen molar-refractivity contribution in [3.05, 3.63) is 64.1 Å². The van der Waals surface area contributed by atoms with Gasteiger partial charge in [-0.2, -0.15) is 0 Å². The first kappa shape index (κ1) is 14.8. The van der Waals surface area contributed by atoms with Crippen molar-refractivity contribution in [2.24, 2.45) is 0 Å². The van der Waals surface area contributed by atoms with Crippen LogP contribution in [-0.4, -0.2) is 21.6 Å². The Hall–Kier alpha value is -3.09. The van der Waals surface area contributed by atoms with Gasteiger partial charge in [0.15, 0.2) is 5.54 Å². The van der Waals surface area contributed by atoms with Gasteiger partial charge >= 0.3 is 6.03 Å². The van der Waals surface area contributed by atoms with Crippen LogP contribution in [0.5, 0.6) is 5.75 Å². The number of phenols is 1. The third-order valence-corrected chi connectivity index (χ3v) is 3.90. The molecule has 0 radical (unpaired) electrons. The topological polar surface area (TPSA) is 100 Å². The van der Waals surface area contributed by atoms with Gasteiger partial charge in [0.05, 0.1) is 6.54 Å². The molecule has 118 valence electrons. The van der Waals surface area contributed by atoms with Gasteiger partial charge in [-0.25, -0.2) is 4.79 Å². The molecule has 7 nitrogen and oxygen atoms in total. The highest BCUT2D eigenvalue weighted by Gasteiger charge is 2.48. The highest BCUT2D eigenvalue weighted by atomic mass is 16.3. The van der Waals surface area contributed by atoms with Crippen LogP contribution in [0, 0.1) is 6.92 Å². The molecule has 2 heterocycles. The van der Waals surface area contributed by atoms with Gasteiger partial charge in [-0.15, -0.1) is 0 Å². The maximum absolute atomic E-state index is 12.4. The number of imide groups is 1. The molecular formula is C16H15N3O4. The second kappa shape index (κ2) is 5.28. The Labute approximate surface area is 131 Å². The Morgan fingerprint density at radius 3 is 2.61 bits per heavy atom. The Morgan fingerprint density at radius 1 is 1.17 bits per heavy atom. The summed E-state index contributed by atoms with van der Waals surface area (Å²) < 4.78 is 1.37. The number of nitrogens with one attached hydrogen (secondary N) is 2. The summed E-state index contributed by atoms with van der Waals surface area (Å²) in [4.78, 5) is 36.4. The molecule has 3 N–H and O–H groups in total. The largest absolute Gasteiger partial charge is 0.508 e. The first-order chi connectivity index (χ1) is 10.9. The van der Waals surface area contributed by atoms with Crippen molar-refractivity contribution in [1.29, 1.82) is 0 Å². The zero-order valence-corrected chi connectivity index (χ0v) is 12.4. The van der Waals surface area contributed by atoms with E-state index in [0.29, 0.717) is 11.1 Å². The fourth-order valence-corrected chi connectivity index (χ4v) is 2.71. The van der Waals surface area contributed by atoms with Crippen molar-refractivity contribution in [2.75, 3.05) is 0 Å². The average Bonchev–Trinajstić information content (AvgIpc) is 2.79. The molecule has 1 aliphatic heterocycles. The number of hydrogen-bond donors (Lipinski definition) is 3. The number of phenolic OH excluding ortho intramolecular Hbond substituents is 1. The first-order valence-electron chi connectivity index (χ1n) is 7.01. The van der Waals surface area contributed by atoms with Crippen molar-refractivity contribution < 1.29 is 14.7 Å². The normalized spacial score (nSPS) is 20.2. The molecule has 1 aliphatic rings. The molecule has 1 fully saturated rings. The number of rotatable bonds is 3. The zero-order chi connectivity index (χ0) is 16.6. The van der Waals surface area contributed by atoms with E-state index in [1.807, 2.05) is 0 Å². The number of nitrogens with zero attached hydrogens (tertiary/aromatic N) is 1. The Balaban J connectivity index is 2.14. The predicted molar refractivity (Wildman–Crippen MR) is 81.9 cm³/mol. The number of pyridine rings is 1. The number of carbonyl (C=O) groups is 2. The van der Waals surface area contributed by atoms with E-state index in [4.69, 9.17) is 0 Å². The molecule has 0 saturated carbocycles. The SMILES string of the molecule is Cc1cccn(CC2(c3cccc(O)c3)NC(=O)NC2=O)c1=O. The van der Waals surface area contributed by atoms with E-state index < -0.39 is 17.5 Å². The van der Waals surface area contributed by atoms with Crippen LogP contribution in [0.2, 0.25) is 0 Å². The Kier molecular flexibility index (Phi) is 3.40. The lowest BCUT2D eigenvalue weighted by Gasteiger charge is -2.27. The van der Waals surface area contributed by atoms with E-state index in [0.717, 1.165) is 0 Å². The molecule has 0 spiro atoms. The second-order valence-electron chi connectivity index (χ2n) is 5.49. The number of hydrogen-bond acceptors (Lipinski definition) is 4. The highest BCUT2D eigenvalue weighted by Crippen LogP contribution is 2.29. The van der Waals surface area contributed by atoms with Gasteiger partial charge < -0.3 is 15.0 Å². The number of amides is 3. The third kappa shape index (κ3) is 2.46. The number of aromatic hydroxyl groups is 1. The van der Waals surface area contributed by atoms with Crippen LogP contribution in [0.4, 0.5) is 4.79 Å². The lowest BCUT2D eigenvalue weighted by atomic mass is 9.89. The van der Waals surface area contributed by atoms with Crippen molar-refractivity contribution in [3.8, 4) is 5.75 Å². The quantitative estimate of drug-likeness (QED) is 0.722. The van der Waals surface area contributed by atoms with Gasteiger partial charge in [0, 0.05) is 11.8 Å². The molecular weight excluding hydrogens is 298 g/mol. The molecule has 2 aromatic rings. The second-order valence-corrected chi connectivity index (χ2v) is 5.49. The summed E-state index contributed by atoms with van der Waals surface area (Å²) in [6.45, 7) is 1.60. The monoisotopic (exact) mass is 313 g/mol. The van der Waals surface area contributed by atoms with Gasteiger partial charge in [0.25, 0.3) is 11.5 Å². The lowest BCUT2D eigenvalue weighted by molar-refractivity contribution is -0.124. The molecule has 23 heavy (non-hydrogen) atoms. The Morgan fingerprint density at radius 2 is 1.96 bits per heavy atom. The molecule has 0 bridgehead atoms. The summed E-state index contributed by atoms with van der Waals surface area (Å²) in [5, 5.41) is 14.5. The average molecular weight is 313 g/mol. The fraction of sp³-hybridized carbons (Fsp3) is 0.188. The summed E-state index contributed by atoms with van der Waals surface area (Å²) in [6, 6.07) is 8.78. The molecule has 1 aromatic heterocycles. The minimum atomic E-state index is -1.45. The summed E-state index contributed by atoms with van der Waals surface area (Å²) >= 11 is 0. The highest BCUT2D eigenvalue weighted by molar-refractivity contribution is 6.07. The third-order valence-electron chi connectivity index (χ3n) is 3.90. The predicted octanol–water partition coefficient (Wildman–Crippen LogP) is 0.597. The van der Waals surface area contributed by atoms with Crippen molar-refractivity contribution >= 4 is 11.9 Å². The maximum Gasteiger partial charge on any atom is 0.322 e. The van der Waals surface area contributed by atoms with Crippen molar-refractivity contribution in [1.82, 2.24) is 15.2 Å². The number of benzene rings is 1. The first-order valence-corrected chi connectivity index (χ1v) is 7.01. The van der Waals surface area contributed by atoms with E-state index >= 15 is 0 Å². The van der Waals surface area contributed by atoms with Gasteiger partial charge in [0.1, 0.15) is 5.75 Å². The van der Waals surface area contributed by atoms with Crippen LogP contribution in [-0.2, 0) is 16.9 Å². The minimum Gasteiger partial charge on any atom is -0.508 e. The van der Waals surface area contributed by atoms with E-state index in [1.165, 1.54) is 16.7 Å². The van der Waals surface area contributed by atoms with Gasteiger partial charge in [0.2, 0.25) is 0 Å². The van der Waals surface area contributed by atoms with Crippen LogP contribution in [0.3, 0.4) is 0 Å². The molecule has 7 heteroatoms. The van der Waals surface area contributed by atoms with Gasteiger partial charge in [-0.05, 0) is 30.7 Å². The molecule has 3 amide bonds. The summed E-state index contributed by atoms with van der Waals surface area (Å²) in [5.41, 5.74) is -0.772. The number of carbonyl (C=O) groups excluding carboxylic acids is 2. The number of aryl methyl sites for hydroxylation is 1. The van der Waals surface area contributed by atoms with E-state index in [2.05, 4.69) is 10.6 Å². The standard InChI is InChI=1S/C16H15N3O4/c1-10-4-3-7-19(13(10)21)9-16(14(22)17-15(23)18-16)11-5-2-6-12(20)8-11/h2-8,20H,9H2,1H3,(H2,17,18,22,23). The maximum atomic E-state index is 12.4. The fourth-order valence-electron chi connectivity index (χ4n) is 2.71. The molecule has 1 saturated heterocycles. The van der Waals surface area contributed by atoms with Crippen LogP contribution in [0.25, 0.3) is 0 Å². The molecule has 1 unspecified atom stereocenters.